The lowest BCUT2D eigenvalue weighted by atomic mass is 10.1. The maximum absolute atomic E-state index is 14.3. The molecule has 1 aromatic heterocycles. The molecule has 1 fully saturated rings. The first kappa shape index (κ1) is 16.2. The molecule has 128 valence electrons. The van der Waals surface area contributed by atoms with Crippen LogP contribution >= 0.6 is 11.6 Å². The van der Waals surface area contributed by atoms with E-state index in [9.17, 15) is 4.39 Å². The molecular formula is C19H18ClFN4. The summed E-state index contributed by atoms with van der Waals surface area (Å²) in [4.78, 5) is 13.8. The van der Waals surface area contributed by atoms with Crippen molar-refractivity contribution in [2.24, 2.45) is 0 Å². The van der Waals surface area contributed by atoms with E-state index in [0.29, 0.717) is 16.4 Å². The van der Waals surface area contributed by atoms with E-state index in [-0.39, 0.29) is 5.82 Å². The van der Waals surface area contributed by atoms with Crippen LogP contribution in [0.15, 0.2) is 42.5 Å². The molecule has 25 heavy (non-hydrogen) atoms. The van der Waals surface area contributed by atoms with E-state index in [0.717, 1.165) is 42.9 Å². The molecule has 0 spiro atoms. The topological polar surface area (TPSA) is 32.3 Å². The van der Waals surface area contributed by atoms with Crippen LogP contribution in [0.4, 0.5) is 10.2 Å². The van der Waals surface area contributed by atoms with Crippen LogP contribution in [-0.4, -0.2) is 48.1 Å². The van der Waals surface area contributed by atoms with Gasteiger partial charge < -0.3 is 9.80 Å². The zero-order valence-electron chi connectivity index (χ0n) is 13.9. The zero-order chi connectivity index (χ0) is 17.4. The molecule has 0 amide bonds. The molecule has 6 heteroatoms. The maximum Gasteiger partial charge on any atom is 0.165 e. The van der Waals surface area contributed by atoms with Gasteiger partial charge in [-0.1, -0.05) is 23.7 Å². The lowest BCUT2D eigenvalue weighted by molar-refractivity contribution is 0.312. The largest absolute Gasteiger partial charge is 0.353 e. The van der Waals surface area contributed by atoms with E-state index in [1.165, 1.54) is 6.07 Å². The van der Waals surface area contributed by atoms with Crippen LogP contribution in [-0.2, 0) is 0 Å². The molecule has 1 aliphatic rings. The molecule has 2 heterocycles. The van der Waals surface area contributed by atoms with Crippen molar-refractivity contribution in [2.45, 2.75) is 0 Å². The number of fused-ring (bicyclic) bond motifs is 1. The minimum Gasteiger partial charge on any atom is -0.353 e. The van der Waals surface area contributed by atoms with Gasteiger partial charge in [-0.25, -0.2) is 14.4 Å². The highest BCUT2D eigenvalue weighted by Gasteiger charge is 2.20. The average molecular weight is 357 g/mol. The van der Waals surface area contributed by atoms with E-state index in [1.807, 2.05) is 18.2 Å². The lowest BCUT2D eigenvalue weighted by Gasteiger charge is -2.33. The molecule has 0 aliphatic carbocycles. The van der Waals surface area contributed by atoms with E-state index < -0.39 is 0 Å². The van der Waals surface area contributed by atoms with Crippen molar-refractivity contribution in [3.8, 4) is 11.4 Å². The Bertz CT molecular complexity index is 922. The molecule has 0 unspecified atom stereocenters. The summed E-state index contributed by atoms with van der Waals surface area (Å²) in [6.07, 6.45) is 0. The fourth-order valence-corrected chi connectivity index (χ4v) is 3.27. The second kappa shape index (κ2) is 6.58. The summed E-state index contributed by atoms with van der Waals surface area (Å²) in [6, 6.07) is 12.2. The van der Waals surface area contributed by atoms with Gasteiger partial charge in [-0.2, -0.15) is 0 Å². The first-order valence-corrected chi connectivity index (χ1v) is 8.65. The number of piperazine rings is 1. The molecule has 1 saturated heterocycles. The number of aromatic nitrogens is 2. The van der Waals surface area contributed by atoms with Crippen LogP contribution in [0.5, 0.6) is 0 Å². The second-order valence-electron chi connectivity index (χ2n) is 6.30. The van der Waals surface area contributed by atoms with E-state index in [4.69, 9.17) is 16.6 Å². The standard InChI is InChI=1S/C19H18ClFN4/c1-24-8-10-25(11-9-24)19-15-7-6-13(20)12-17(15)22-18(23-19)14-4-2-3-5-16(14)21/h2-7,12H,8-11H2,1H3. The summed E-state index contributed by atoms with van der Waals surface area (Å²) >= 11 is 6.15. The number of halogens is 2. The molecule has 0 radical (unpaired) electrons. The summed E-state index contributed by atoms with van der Waals surface area (Å²) < 4.78 is 14.3. The fourth-order valence-electron chi connectivity index (χ4n) is 3.11. The van der Waals surface area contributed by atoms with Gasteiger partial charge in [0.05, 0.1) is 11.1 Å². The number of nitrogens with zero attached hydrogens (tertiary/aromatic N) is 4. The SMILES string of the molecule is CN1CCN(c2nc(-c3ccccc3F)nc3cc(Cl)ccc23)CC1. The molecule has 0 bridgehead atoms. The van der Waals surface area contributed by atoms with Crippen molar-refractivity contribution >= 4 is 28.3 Å². The Morgan fingerprint density at radius 2 is 1.76 bits per heavy atom. The summed E-state index contributed by atoms with van der Waals surface area (Å²) in [6.45, 7) is 3.69. The van der Waals surface area contributed by atoms with Crippen LogP contribution in [0, 0.1) is 5.82 Å². The molecule has 0 saturated carbocycles. The van der Waals surface area contributed by atoms with Gasteiger partial charge in [0.25, 0.3) is 0 Å². The van der Waals surface area contributed by atoms with Crippen LogP contribution < -0.4 is 4.90 Å². The zero-order valence-corrected chi connectivity index (χ0v) is 14.7. The highest BCUT2D eigenvalue weighted by Crippen LogP contribution is 2.30. The van der Waals surface area contributed by atoms with Gasteiger partial charge in [-0.3, -0.25) is 0 Å². The summed E-state index contributed by atoms with van der Waals surface area (Å²) in [5.41, 5.74) is 1.13. The van der Waals surface area contributed by atoms with Gasteiger partial charge in [-0.15, -0.1) is 0 Å². The molecule has 3 aromatic rings. The van der Waals surface area contributed by atoms with Crippen LogP contribution in [0.2, 0.25) is 5.02 Å². The number of benzene rings is 2. The molecular weight excluding hydrogens is 339 g/mol. The summed E-state index contributed by atoms with van der Waals surface area (Å²) in [5, 5.41) is 1.55. The number of anilines is 1. The average Bonchev–Trinajstić information content (AvgIpc) is 2.61. The highest BCUT2D eigenvalue weighted by molar-refractivity contribution is 6.31. The monoisotopic (exact) mass is 356 g/mol. The molecule has 0 N–H and O–H groups in total. The highest BCUT2D eigenvalue weighted by atomic mass is 35.5. The quantitative estimate of drug-likeness (QED) is 0.698. The van der Waals surface area contributed by atoms with Gasteiger partial charge in [0.2, 0.25) is 0 Å². The second-order valence-corrected chi connectivity index (χ2v) is 6.74. The smallest absolute Gasteiger partial charge is 0.165 e. The van der Waals surface area contributed by atoms with E-state index >= 15 is 0 Å². The first-order chi connectivity index (χ1) is 12.1. The lowest BCUT2D eigenvalue weighted by Crippen LogP contribution is -2.45. The van der Waals surface area contributed by atoms with Crippen LogP contribution in [0.1, 0.15) is 0 Å². The number of likely N-dealkylation sites (N-methyl/N-ethyl adjacent to an activating group) is 1. The minimum atomic E-state index is -0.326. The Labute approximate surface area is 150 Å². The molecule has 4 nitrogen and oxygen atoms in total. The number of hydrogen-bond donors (Lipinski definition) is 0. The van der Waals surface area contributed by atoms with Gasteiger partial charge in [0.15, 0.2) is 5.82 Å². The third-order valence-corrected chi connectivity index (χ3v) is 4.79. The normalized spacial score (nSPS) is 15.7. The van der Waals surface area contributed by atoms with Gasteiger partial charge in [0, 0.05) is 36.6 Å². The molecule has 4 rings (SSSR count). The van der Waals surface area contributed by atoms with Crippen molar-refractivity contribution in [3.05, 3.63) is 53.3 Å². The Balaban J connectivity index is 1.89. The van der Waals surface area contributed by atoms with Gasteiger partial charge in [-0.05, 0) is 37.4 Å². The fraction of sp³-hybridized carbons (Fsp3) is 0.263. The molecule has 0 atom stereocenters. The van der Waals surface area contributed by atoms with Gasteiger partial charge >= 0.3 is 0 Å². The van der Waals surface area contributed by atoms with Crippen molar-refractivity contribution < 1.29 is 4.39 Å². The number of rotatable bonds is 2. The Hall–Kier alpha value is -2.24. The Kier molecular flexibility index (Phi) is 4.27. The first-order valence-electron chi connectivity index (χ1n) is 8.27. The predicted octanol–water partition coefficient (Wildman–Crippen LogP) is 3.84. The summed E-state index contributed by atoms with van der Waals surface area (Å²) in [7, 11) is 2.11. The Morgan fingerprint density at radius 3 is 2.52 bits per heavy atom. The summed E-state index contributed by atoms with van der Waals surface area (Å²) in [5.74, 6) is 0.906. The van der Waals surface area contributed by atoms with Crippen molar-refractivity contribution in [3.63, 3.8) is 0 Å². The van der Waals surface area contributed by atoms with Crippen molar-refractivity contribution in [1.29, 1.82) is 0 Å². The number of hydrogen-bond acceptors (Lipinski definition) is 4. The third-order valence-electron chi connectivity index (χ3n) is 4.56. The maximum atomic E-state index is 14.3. The van der Waals surface area contributed by atoms with Crippen LogP contribution in [0.25, 0.3) is 22.3 Å². The third kappa shape index (κ3) is 3.17. The van der Waals surface area contributed by atoms with E-state index in [2.05, 4.69) is 21.8 Å². The van der Waals surface area contributed by atoms with Crippen molar-refractivity contribution in [1.82, 2.24) is 14.9 Å². The predicted molar refractivity (Wildman–Crippen MR) is 99.7 cm³/mol. The molecule has 2 aromatic carbocycles. The Morgan fingerprint density at radius 1 is 1.00 bits per heavy atom. The van der Waals surface area contributed by atoms with Crippen LogP contribution in [0.3, 0.4) is 0 Å². The molecule has 1 aliphatic heterocycles. The van der Waals surface area contributed by atoms with E-state index in [1.54, 1.807) is 18.2 Å². The van der Waals surface area contributed by atoms with Gasteiger partial charge in [0.1, 0.15) is 11.6 Å². The van der Waals surface area contributed by atoms with Crippen molar-refractivity contribution in [2.75, 3.05) is 38.1 Å². The minimum absolute atomic E-state index is 0.326.